The first-order valence-corrected chi connectivity index (χ1v) is 5.58. The number of benzene rings is 1. The lowest BCUT2D eigenvalue weighted by Gasteiger charge is -2.06. The molecule has 1 heterocycles. The van der Waals surface area contributed by atoms with Gasteiger partial charge in [0.25, 0.3) is 0 Å². The summed E-state index contributed by atoms with van der Waals surface area (Å²) in [6, 6.07) is 14.2. The van der Waals surface area contributed by atoms with E-state index in [0.29, 0.717) is 0 Å². The van der Waals surface area contributed by atoms with Crippen LogP contribution in [-0.2, 0) is 6.42 Å². The summed E-state index contributed by atoms with van der Waals surface area (Å²) in [5.74, 6) is 0. The van der Waals surface area contributed by atoms with Gasteiger partial charge in [-0.05, 0) is 17.7 Å². The van der Waals surface area contributed by atoms with Crippen molar-refractivity contribution in [2.45, 2.75) is 6.42 Å². The molecule has 0 radical (unpaired) electrons. The Morgan fingerprint density at radius 3 is 2.47 bits per heavy atom. The highest BCUT2D eigenvalue weighted by molar-refractivity contribution is 6.01. The summed E-state index contributed by atoms with van der Waals surface area (Å²) < 4.78 is 0. The SMILES string of the molecule is CN/N=C(/Cc1ccccc1)c1ccncc1. The lowest BCUT2D eigenvalue weighted by molar-refractivity contribution is 0.894. The van der Waals surface area contributed by atoms with Gasteiger partial charge in [-0.15, -0.1) is 0 Å². The first kappa shape index (κ1) is 11.3. The largest absolute Gasteiger partial charge is 0.313 e. The van der Waals surface area contributed by atoms with E-state index in [9.17, 15) is 0 Å². The predicted molar refractivity (Wildman–Crippen MR) is 70.0 cm³/mol. The number of rotatable bonds is 4. The second-order valence-electron chi connectivity index (χ2n) is 3.68. The van der Waals surface area contributed by atoms with Gasteiger partial charge in [0.05, 0.1) is 5.71 Å². The average molecular weight is 225 g/mol. The molecule has 0 aliphatic heterocycles. The second-order valence-corrected chi connectivity index (χ2v) is 3.68. The molecule has 3 nitrogen and oxygen atoms in total. The van der Waals surface area contributed by atoms with Crippen molar-refractivity contribution in [1.82, 2.24) is 10.4 Å². The third kappa shape index (κ3) is 3.14. The van der Waals surface area contributed by atoms with Crippen LogP contribution in [0.4, 0.5) is 0 Å². The molecule has 0 bridgehead atoms. The molecule has 1 N–H and O–H groups in total. The van der Waals surface area contributed by atoms with Crippen molar-refractivity contribution in [2.24, 2.45) is 5.10 Å². The average Bonchev–Trinajstić information content (AvgIpc) is 2.40. The molecule has 3 heteroatoms. The zero-order valence-corrected chi connectivity index (χ0v) is 9.80. The van der Waals surface area contributed by atoms with Crippen molar-refractivity contribution in [1.29, 1.82) is 0 Å². The predicted octanol–water partition coefficient (Wildman–Crippen LogP) is 2.25. The molecule has 2 aromatic rings. The Hall–Kier alpha value is -2.16. The number of hydrogen-bond acceptors (Lipinski definition) is 3. The fraction of sp³-hybridized carbons (Fsp3) is 0.143. The van der Waals surface area contributed by atoms with Crippen LogP contribution in [0, 0.1) is 0 Å². The van der Waals surface area contributed by atoms with E-state index in [1.807, 2.05) is 37.4 Å². The molecule has 0 aliphatic carbocycles. The summed E-state index contributed by atoms with van der Waals surface area (Å²) in [7, 11) is 1.81. The maximum atomic E-state index is 4.33. The van der Waals surface area contributed by atoms with Crippen LogP contribution in [0.25, 0.3) is 0 Å². The standard InChI is InChI=1S/C14H15N3/c1-15-17-14(13-7-9-16-10-8-13)11-12-5-3-2-4-6-12/h2-10,15H,11H2,1H3/b17-14-. The Bertz CT molecular complexity index is 477. The molecule has 0 spiro atoms. The molecule has 0 atom stereocenters. The van der Waals surface area contributed by atoms with Crippen molar-refractivity contribution >= 4 is 5.71 Å². The van der Waals surface area contributed by atoms with Gasteiger partial charge in [0.15, 0.2) is 0 Å². The minimum Gasteiger partial charge on any atom is -0.313 e. The van der Waals surface area contributed by atoms with Gasteiger partial charge < -0.3 is 5.43 Å². The second kappa shape index (κ2) is 5.80. The highest BCUT2D eigenvalue weighted by Gasteiger charge is 2.04. The first-order valence-electron chi connectivity index (χ1n) is 5.58. The van der Waals surface area contributed by atoms with E-state index in [4.69, 9.17) is 0 Å². The first-order chi connectivity index (χ1) is 8.40. The molecule has 17 heavy (non-hydrogen) atoms. The third-order valence-electron chi connectivity index (χ3n) is 2.47. The van der Waals surface area contributed by atoms with Gasteiger partial charge in [-0.3, -0.25) is 4.98 Å². The fourth-order valence-electron chi connectivity index (χ4n) is 1.67. The van der Waals surface area contributed by atoms with Crippen molar-refractivity contribution in [3.8, 4) is 0 Å². The van der Waals surface area contributed by atoms with E-state index >= 15 is 0 Å². The monoisotopic (exact) mass is 225 g/mol. The molecule has 0 unspecified atom stereocenters. The summed E-state index contributed by atoms with van der Waals surface area (Å²) >= 11 is 0. The van der Waals surface area contributed by atoms with Crippen molar-refractivity contribution in [3.63, 3.8) is 0 Å². The highest BCUT2D eigenvalue weighted by atomic mass is 15.3. The van der Waals surface area contributed by atoms with E-state index < -0.39 is 0 Å². The maximum Gasteiger partial charge on any atom is 0.0719 e. The number of pyridine rings is 1. The lowest BCUT2D eigenvalue weighted by Crippen LogP contribution is -2.10. The molecule has 0 saturated heterocycles. The van der Waals surface area contributed by atoms with Crippen molar-refractivity contribution in [2.75, 3.05) is 7.05 Å². The molecular formula is C14H15N3. The van der Waals surface area contributed by atoms with Gasteiger partial charge in [-0.1, -0.05) is 30.3 Å². The van der Waals surface area contributed by atoms with E-state index in [1.54, 1.807) is 12.4 Å². The van der Waals surface area contributed by atoms with Crippen LogP contribution in [0.1, 0.15) is 11.1 Å². The summed E-state index contributed by atoms with van der Waals surface area (Å²) in [5.41, 5.74) is 6.21. The Morgan fingerprint density at radius 1 is 1.12 bits per heavy atom. The van der Waals surface area contributed by atoms with Crippen LogP contribution in [0.15, 0.2) is 60.0 Å². The molecule has 86 valence electrons. The quantitative estimate of drug-likeness (QED) is 0.640. The number of hydrogen-bond donors (Lipinski definition) is 1. The van der Waals surface area contributed by atoms with E-state index in [1.165, 1.54) is 5.56 Å². The molecule has 1 aromatic carbocycles. The topological polar surface area (TPSA) is 37.3 Å². The van der Waals surface area contributed by atoms with E-state index in [-0.39, 0.29) is 0 Å². The normalized spacial score (nSPS) is 11.2. The lowest BCUT2D eigenvalue weighted by atomic mass is 10.0. The van der Waals surface area contributed by atoms with Gasteiger partial charge in [0, 0.05) is 31.4 Å². The summed E-state index contributed by atoms with van der Waals surface area (Å²) in [4.78, 5) is 4.02. The van der Waals surface area contributed by atoms with Crippen LogP contribution < -0.4 is 5.43 Å². The smallest absolute Gasteiger partial charge is 0.0719 e. The molecule has 0 aliphatic rings. The zero-order valence-electron chi connectivity index (χ0n) is 9.80. The summed E-state index contributed by atoms with van der Waals surface area (Å²) in [5, 5.41) is 4.33. The maximum absolute atomic E-state index is 4.33. The molecular weight excluding hydrogens is 210 g/mol. The van der Waals surface area contributed by atoms with Crippen LogP contribution >= 0.6 is 0 Å². The van der Waals surface area contributed by atoms with Gasteiger partial charge in [-0.2, -0.15) is 5.10 Å². The van der Waals surface area contributed by atoms with Gasteiger partial charge >= 0.3 is 0 Å². The molecule has 0 amide bonds. The Kier molecular flexibility index (Phi) is 3.86. The summed E-state index contributed by atoms with van der Waals surface area (Å²) in [6.07, 6.45) is 4.38. The Balaban J connectivity index is 2.23. The van der Waals surface area contributed by atoms with Crippen LogP contribution in [0.5, 0.6) is 0 Å². The van der Waals surface area contributed by atoms with Gasteiger partial charge in [0.2, 0.25) is 0 Å². The number of nitrogens with one attached hydrogen (secondary N) is 1. The number of hydrazone groups is 1. The molecule has 0 fully saturated rings. The molecule has 2 rings (SSSR count). The fourth-order valence-corrected chi connectivity index (χ4v) is 1.67. The van der Waals surface area contributed by atoms with Crippen LogP contribution in [0.2, 0.25) is 0 Å². The zero-order chi connectivity index (χ0) is 11.9. The van der Waals surface area contributed by atoms with Crippen molar-refractivity contribution in [3.05, 3.63) is 66.0 Å². The number of nitrogens with zero attached hydrogens (tertiary/aromatic N) is 2. The van der Waals surface area contributed by atoms with Crippen LogP contribution in [0.3, 0.4) is 0 Å². The molecule has 1 aromatic heterocycles. The van der Waals surface area contributed by atoms with Crippen molar-refractivity contribution < 1.29 is 0 Å². The van der Waals surface area contributed by atoms with Gasteiger partial charge in [0.1, 0.15) is 0 Å². The minimum absolute atomic E-state index is 0.811. The number of aromatic nitrogens is 1. The third-order valence-corrected chi connectivity index (χ3v) is 2.47. The van der Waals surface area contributed by atoms with Gasteiger partial charge in [-0.25, -0.2) is 0 Å². The van der Waals surface area contributed by atoms with E-state index in [0.717, 1.165) is 17.7 Å². The van der Waals surface area contributed by atoms with Crippen LogP contribution in [-0.4, -0.2) is 17.7 Å². The van der Waals surface area contributed by atoms with E-state index in [2.05, 4.69) is 27.6 Å². The highest BCUT2D eigenvalue weighted by Crippen LogP contribution is 2.07. The Labute approximate surface area is 101 Å². The minimum atomic E-state index is 0.811. The Morgan fingerprint density at radius 2 is 1.82 bits per heavy atom. The summed E-state index contributed by atoms with van der Waals surface area (Å²) in [6.45, 7) is 0. The molecule has 0 saturated carbocycles.